The summed E-state index contributed by atoms with van der Waals surface area (Å²) in [6.45, 7) is 2.28. The minimum absolute atomic E-state index is 0.0707. The molecule has 35 heavy (non-hydrogen) atoms. The molecule has 1 N–H and O–H groups in total. The third kappa shape index (κ3) is 5.40. The summed E-state index contributed by atoms with van der Waals surface area (Å²) in [5, 5.41) is 14.2. The first kappa shape index (κ1) is 24.9. The lowest BCUT2D eigenvalue weighted by atomic mass is 9.88. The number of thioether (sulfide) groups is 1. The molecule has 11 heteroatoms. The van der Waals surface area contributed by atoms with Gasteiger partial charge in [0.2, 0.25) is 5.91 Å². The van der Waals surface area contributed by atoms with Crippen LogP contribution in [0, 0.1) is 5.92 Å². The van der Waals surface area contributed by atoms with E-state index in [2.05, 4.69) is 27.8 Å². The van der Waals surface area contributed by atoms with Gasteiger partial charge in [-0.1, -0.05) is 18.7 Å². The molecule has 1 aliphatic carbocycles. The van der Waals surface area contributed by atoms with Crippen molar-refractivity contribution in [3.63, 3.8) is 0 Å². The van der Waals surface area contributed by atoms with Gasteiger partial charge in [0.1, 0.15) is 0 Å². The summed E-state index contributed by atoms with van der Waals surface area (Å²) in [5.74, 6) is -0.00107. The van der Waals surface area contributed by atoms with E-state index in [9.17, 15) is 14.4 Å². The normalized spacial score (nSPS) is 14.8. The maximum absolute atomic E-state index is 12.6. The molecule has 0 bridgehead atoms. The Bertz CT molecular complexity index is 1250. The van der Waals surface area contributed by atoms with E-state index in [1.54, 1.807) is 11.3 Å². The van der Waals surface area contributed by atoms with Crippen LogP contribution in [0.5, 0.6) is 0 Å². The first-order valence-corrected chi connectivity index (χ1v) is 12.9. The standard InChI is InChI=1S/C24H26N4O5S2/c1-13-5-6-17-18(11-34-19(17)7-13)21-26-27-24(28(21)2)35-12-20(29)25-16-9-14(22(30)32-3)8-15(10-16)23(31)33-4/h8-11,13H,5-7,12H2,1-4H3,(H,25,29). The van der Waals surface area contributed by atoms with Crippen LogP contribution in [-0.4, -0.2) is 52.6 Å². The minimum Gasteiger partial charge on any atom is -0.465 e. The number of esters is 2. The number of amides is 1. The fourth-order valence-electron chi connectivity index (χ4n) is 4.04. The quantitative estimate of drug-likeness (QED) is 0.372. The lowest BCUT2D eigenvalue weighted by Gasteiger charge is -2.18. The average molecular weight is 515 g/mol. The summed E-state index contributed by atoms with van der Waals surface area (Å²) >= 11 is 3.04. The molecule has 1 aliphatic rings. The van der Waals surface area contributed by atoms with Crippen molar-refractivity contribution in [1.29, 1.82) is 0 Å². The van der Waals surface area contributed by atoms with Gasteiger partial charge in [-0.3, -0.25) is 4.79 Å². The lowest BCUT2D eigenvalue weighted by Crippen LogP contribution is -2.16. The molecule has 1 aromatic carbocycles. The average Bonchev–Trinajstić information content (AvgIpc) is 3.43. The highest BCUT2D eigenvalue weighted by Gasteiger charge is 2.24. The number of fused-ring (bicyclic) bond motifs is 1. The Balaban J connectivity index is 1.45. The van der Waals surface area contributed by atoms with E-state index in [1.807, 2.05) is 11.6 Å². The van der Waals surface area contributed by atoms with E-state index < -0.39 is 11.9 Å². The molecular formula is C24H26N4O5S2. The smallest absolute Gasteiger partial charge is 0.337 e. The van der Waals surface area contributed by atoms with Crippen molar-refractivity contribution >= 4 is 46.6 Å². The molecule has 1 amide bonds. The van der Waals surface area contributed by atoms with E-state index >= 15 is 0 Å². The Hall–Kier alpha value is -3.18. The number of rotatable bonds is 7. The molecule has 0 aliphatic heterocycles. The van der Waals surface area contributed by atoms with Gasteiger partial charge in [-0.15, -0.1) is 21.5 Å². The van der Waals surface area contributed by atoms with Crippen LogP contribution >= 0.6 is 23.1 Å². The van der Waals surface area contributed by atoms with Crippen LogP contribution in [0.2, 0.25) is 0 Å². The van der Waals surface area contributed by atoms with E-state index in [0.29, 0.717) is 11.1 Å². The monoisotopic (exact) mass is 514 g/mol. The predicted octanol–water partition coefficient (Wildman–Crippen LogP) is 3.97. The van der Waals surface area contributed by atoms with Crippen LogP contribution in [0.15, 0.2) is 28.7 Å². The number of hydrogen-bond donors (Lipinski definition) is 1. The summed E-state index contributed by atoms with van der Waals surface area (Å²) in [6, 6.07) is 4.25. The zero-order valence-corrected chi connectivity index (χ0v) is 21.5. The molecule has 0 fully saturated rings. The number of carbonyl (C=O) groups excluding carboxylic acids is 3. The van der Waals surface area contributed by atoms with Gasteiger partial charge in [0, 0.05) is 28.6 Å². The van der Waals surface area contributed by atoms with E-state index in [4.69, 9.17) is 9.47 Å². The summed E-state index contributed by atoms with van der Waals surface area (Å²) in [5.41, 5.74) is 3.04. The van der Waals surface area contributed by atoms with Crippen LogP contribution in [-0.2, 0) is 34.2 Å². The van der Waals surface area contributed by atoms with Gasteiger partial charge < -0.3 is 19.4 Å². The Morgan fingerprint density at radius 3 is 2.49 bits per heavy atom. The topological polar surface area (TPSA) is 112 Å². The highest BCUT2D eigenvalue weighted by atomic mass is 32.2. The van der Waals surface area contributed by atoms with Gasteiger partial charge in [-0.05, 0) is 48.9 Å². The first-order chi connectivity index (χ1) is 16.8. The van der Waals surface area contributed by atoms with Crippen molar-refractivity contribution in [3.05, 3.63) is 45.1 Å². The minimum atomic E-state index is -0.627. The second-order valence-electron chi connectivity index (χ2n) is 8.38. The molecule has 184 valence electrons. The Morgan fingerprint density at radius 1 is 1.14 bits per heavy atom. The van der Waals surface area contributed by atoms with Gasteiger partial charge in [0.25, 0.3) is 0 Å². The molecule has 0 spiro atoms. The Kier molecular flexibility index (Phi) is 7.56. The van der Waals surface area contributed by atoms with Crippen molar-refractivity contribution in [2.75, 3.05) is 25.3 Å². The van der Waals surface area contributed by atoms with Crippen LogP contribution in [0.4, 0.5) is 5.69 Å². The zero-order chi connectivity index (χ0) is 25.1. The predicted molar refractivity (Wildman–Crippen MR) is 134 cm³/mol. The van der Waals surface area contributed by atoms with Crippen LogP contribution in [0.25, 0.3) is 11.4 Å². The van der Waals surface area contributed by atoms with Crippen molar-refractivity contribution in [2.45, 2.75) is 31.3 Å². The number of ether oxygens (including phenoxy) is 2. The van der Waals surface area contributed by atoms with Crippen molar-refractivity contribution in [3.8, 4) is 11.4 Å². The summed E-state index contributed by atoms with van der Waals surface area (Å²) < 4.78 is 11.4. The number of nitrogens with one attached hydrogen (secondary N) is 1. The SMILES string of the molecule is COC(=O)c1cc(NC(=O)CSc2nnc(-c3csc4c3CCC(C)C4)n2C)cc(C(=O)OC)c1. The number of thiophene rings is 1. The van der Waals surface area contributed by atoms with Crippen LogP contribution < -0.4 is 5.32 Å². The van der Waals surface area contributed by atoms with Crippen molar-refractivity contribution < 1.29 is 23.9 Å². The number of hydrogen-bond acceptors (Lipinski definition) is 9. The molecule has 0 saturated carbocycles. The molecular weight excluding hydrogens is 488 g/mol. The maximum atomic E-state index is 12.6. The van der Waals surface area contributed by atoms with Gasteiger partial charge in [-0.25, -0.2) is 9.59 Å². The fraction of sp³-hybridized carbons (Fsp3) is 0.375. The van der Waals surface area contributed by atoms with Gasteiger partial charge in [0.05, 0.1) is 31.1 Å². The molecule has 2 heterocycles. The summed E-state index contributed by atoms with van der Waals surface area (Å²) in [4.78, 5) is 38.0. The zero-order valence-electron chi connectivity index (χ0n) is 19.9. The number of carbonyl (C=O) groups is 3. The lowest BCUT2D eigenvalue weighted by molar-refractivity contribution is -0.113. The molecule has 0 radical (unpaired) electrons. The summed E-state index contributed by atoms with van der Waals surface area (Å²) in [6.07, 6.45) is 3.32. The highest BCUT2D eigenvalue weighted by molar-refractivity contribution is 7.99. The summed E-state index contributed by atoms with van der Waals surface area (Å²) in [7, 11) is 4.38. The number of anilines is 1. The van der Waals surface area contributed by atoms with Gasteiger partial charge in [-0.2, -0.15) is 0 Å². The molecule has 1 unspecified atom stereocenters. The Labute approximate surface area is 211 Å². The van der Waals surface area contributed by atoms with Crippen molar-refractivity contribution in [2.24, 2.45) is 13.0 Å². The third-order valence-corrected chi connectivity index (χ3v) is 7.94. The number of methoxy groups -OCH3 is 2. The van der Waals surface area contributed by atoms with Gasteiger partial charge in [0.15, 0.2) is 11.0 Å². The molecule has 9 nitrogen and oxygen atoms in total. The largest absolute Gasteiger partial charge is 0.465 e. The van der Waals surface area contributed by atoms with Crippen LogP contribution in [0.1, 0.15) is 44.5 Å². The number of benzene rings is 1. The van der Waals surface area contributed by atoms with E-state index in [0.717, 1.165) is 24.2 Å². The highest BCUT2D eigenvalue weighted by Crippen LogP contribution is 2.38. The number of aromatic nitrogens is 3. The molecule has 0 saturated heterocycles. The number of nitrogens with zero attached hydrogens (tertiary/aromatic N) is 3. The Morgan fingerprint density at radius 2 is 1.83 bits per heavy atom. The fourth-order valence-corrected chi connectivity index (χ4v) is 5.99. The van der Waals surface area contributed by atoms with Crippen LogP contribution in [0.3, 0.4) is 0 Å². The second kappa shape index (κ2) is 10.6. The van der Waals surface area contributed by atoms with Gasteiger partial charge >= 0.3 is 11.9 Å². The van der Waals surface area contributed by atoms with Crippen molar-refractivity contribution in [1.82, 2.24) is 14.8 Å². The maximum Gasteiger partial charge on any atom is 0.337 e. The van der Waals surface area contributed by atoms with E-state index in [1.165, 1.54) is 61.0 Å². The molecule has 3 aromatic rings. The van der Waals surface area contributed by atoms with E-state index in [-0.39, 0.29) is 28.5 Å². The molecule has 1 atom stereocenters. The second-order valence-corrected chi connectivity index (χ2v) is 10.3. The first-order valence-electron chi connectivity index (χ1n) is 11.0. The molecule has 4 rings (SSSR count). The third-order valence-electron chi connectivity index (χ3n) is 5.87. The molecule has 2 aromatic heterocycles.